The molecule has 0 unspecified atom stereocenters. The van der Waals surface area contributed by atoms with Gasteiger partial charge in [0.2, 0.25) is 11.4 Å². The molecule has 0 aliphatic carbocycles. The molecule has 36 heavy (non-hydrogen) atoms. The summed E-state index contributed by atoms with van der Waals surface area (Å²) in [6.07, 6.45) is 4.03. The van der Waals surface area contributed by atoms with Crippen molar-refractivity contribution in [1.29, 1.82) is 0 Å². The van der Waals surface area contributed by atoms with Crippen molar-refractivity contribution in [3.05, 3.63) is 105 Å². The molecule has 0 spiro atoms. The van der Waals surface area contributed by atoms with Crippen LogP contribution in [-0.4, -0.2) is 13.1 Å². The van der Waals surface area contributed by atoms with Crippen molar-refractivity contribution in [2.24, 2.45) is 7.05 Å². The lowest BCUT2D eigenvalue weighted by Gasteiger charge is -2.21. The second kappa shape index (κ2) is 13.0. The van der Waals surface area contributed by atoms with Gasteiger partial charge in [0.15, 0.2) is 0 Å². The number of benzene rings is 3. The number of nitrogens with zero attached hydrogens (tertiary/aromatic N) is 2. The molecule has 6 heteroatoms. The molecule has 0 amide bonds. The molecular formula is C30H28Br2FIN2. The predicted molar refractivity (Wildman–Crippen MR) is 153 cm³/mol. The Kier molecular flexibility index (Phi) is 10.3. The van der Waals surface area contributed by atoms with Crippen LogP contribution in [0.2, 0.25) is 0 Å². The monoisotopic (exact) mass is 720 g/mol. The summed E-state index contributed by atoms with van der Waals surface area (Å²) >= 11 is 7.06. The summed E-state index contributed by atoms with van der Waals surface area (Å²) in [5, 5.41) is 0. The van der Waals surface area contributed by atoms with Crippen molar-refractivity contribution in [1.82, 2.24) is 0 Å². The highest BCUT2D eigenvalue weighted by Crippen LogP contribution is 2.28. The maximum Gasteiger partial charge on any atom is 0.213 e. The molecule has 2 nitrogen and oxygen atoms in total. The Balaban J connectivity index is 0.00000361. The van der Waals surface area contributed by atoms with Gasteiger partial charge in [0.1, 0.15) is 12.9 Å². The third-order valence-electron chi connectivity index (χ3n) is 6.18. The molecule has 3 aromatic carbocycles. The maximum absolute atomic E-state index is 14.8. The van der Waals surface area contributed by atoms with E-state index in [1.165, 1.54) is 0 Å². The minimum absolute atomic E-state index is 0. The molecule has 186 valence electrons. The minimum Gasteiger partial charge on any atom is -1.00 e. The first kappa shape index (κ1) is 28.5. The summed E-state index contributed by atoms with van der Waals surface area (Å²) in [6.45, 7) is 5.64. The van der Waals surface area contributed by atoms with Gasteiger partial charge in [-0.3, -0.25) is 0 Å². The molecule has 0 radical (unpaired) electrons. The molecular weight excluding hydrogens is 694 g/mol. The SMILES string of the molecule is CCN(CC)c1ccc(C=Cc2cc(-c3ccc(Br)cc3)cc(-c3ccc(Br)cc3)[n+]2C)cc1F.[I-]. The first-order valence-electron chi connectivity index (χ1n) is 11.7. The van der Waals surface area contributed by atoms with Crippen molar-refractivity contribution >= 4 is 49.7 Å². The van der Waals surface area contributed by atoms with E-state index >= 15 is 0 Å². The van der Waals surface area contributed by atoms with Gasteiger partial charge in [-0.1, -0.05) is 50.1 Å². The van der Waals surface area contributed by atoms with Crippen molar-refractivity contribution in [3.8, 4) is 22.4 Å². The molecule has 0 aliphatic rings. The zero-order valence-corrected chi connectivity index (χ0v) is 25.8. The Morgan fingerprint density at radius 3 is 1.89 bits per heavy atom. The summed E-state index contributed by atoms with van der Waals surface area (Å²) in [4.78, 5) is 2.02. The van der Waals surface area contributed by atoms with E-state index in [-0.39, 0.29) is 29.8 Å². The van der Waals surface area contributed by atoms with E-state index in [0.717, 1.165) is 55.7 Å². The average Bonchev–Trinajstić information content (AvgIpc) is 2.86. The van der Waals surface area contributed by atoms with Crippen LogP contribution in [0.4, 0.5) is 10.1 Å². The second-order valence-electron chi connectivity index (χ2n) is 8.34. The van der Waals surface area contributed by atoms with Gasteiger partial charge in [0.25, 0.3) is 0 Å². The van der Waals surface area contributed by atoms with E-state index in [4.69, 9.17) is 0 Å². The zero-order chi connectivity index (χ0) is 24.9. The van der Waals surface area contributed by atoms with Crippen molar-refractivity contribution in [2.45, 2.75) is 13.8 Å². The zero-order valence-electron chi connectivity index (χ0n) is 20.5. The maximum atomic E-state index is 14.8. The highest BCUT2D eigenvalue weighted by atomic mass is 127. The number of anilines is 1. The lowest BCUT2D eigenvalue weighted by atomic mass is 10.0. The van der Waals surface area contributed by atoms with Crippen LogP contribution in [0.15, 0.2) is 87.8 Å². The van der Waals surface area contributed by atoms with Crippen molar-refractivity contribution in [2.75, 3.05) is 18.0 Å². The number of aromatic nitrogens is 1. The number of pyridine rings is 1. The topological polar surface area (TPSA) is 7.12 Å². The van der Waals surface area contributed by atoms with E-state index in [2.05, 4.69) is 110 Å². The fraction of sp³-hybridized carbons (Fsp3) is 0.167. The van der Waals surface area contributed by atoms with Crippen LogP contribution in [-0.2, 0) is 7.05 Å². The van der Waals surface area contributed by atoms with Gasteiger partial charge in [0.05, 0.1) is 5.69 Å². The van der Waals surface area contributed by atoms with Crippen LogP contribution in [0.5, 0.6) is 0 Å². The van der Waals surface area contributed by atoms with Gasteiger partial charge >= 0.3 is 0 Å². The van der Waals surface area contributed by atoms with E-state index in [0.29, 0.717) is 5.69 Å². The van der Waals surface area contributed by atoms with Gasteiger partial charge < -0.3 is 28.9 Å². The number of hydrogen-bond donors (Lipinski definition) is 0. The van der Waals surface area contributed by atoms with Crippen LogP contribution in [0.1, 0.15) is 25.1 Å². The quantitative estimate of drug-likeness (QED) is 0.180. The first-order chi connectivity index (χ1) is 16.9. The fourth-order valence-corrected chi connectivity index (χ4v) is 4.71. The number of halogens is 4. The summed E-state index contributed by atoms with van der Waals surface area (Å²) < 4.78 is 19.1. The molecule has 0 saturated heterocycles. The van der Waals surface area contributed by atoms with Crippen LogP contribution < -0.4 is 33.4 Å². The van der Waals surface area contributed by atoms with Crippen molar-refractivity contribution in [3.63, 3.8) is 0 Å². The lowest BCUT2D eigenvalue weighted by molar-refractivity contribution is -0.662. The van der Waals surface area contributed by atoms with Crippen LogP contribution in [0.3, 0.4) is 0 Å². The highest BCUT2D eigenvalue weighted by molar-refractivity contribution is 9.10. The van der Waals surface area contributed by atoms with E-state index < -0.39 is 0 Å². The lowest BCUT2D eigenvalue weighted by Crippen LogP contribution is -3.00. The van der Waals surface area contributed by atoms with E-state index in [9.17, 15) is 4.39 Å². The Hall–Kier alpha value is -2.03. The fourth-order valence-electron chi connectivity index (χ4n) is 4.18. The Labute approximate surface area is 247 Å². The molecule has 0 N–H and O–H groups in total. The Bertz CT molecular complexity index is 1350. The third kappa shape index (κ3) is 6.64. The molecule has 4 aromatic rings. The summed E-state index contributed by atoms with van der Waals surface area (Å²) in [6, 6.07) is 26.5. The largest absolute Gasteiger partial charge is 1.00 e. The molecule has 0 saturated carbocycles. The molecule has 1 aromatic heterocycles. The normalized spacial score (nSPS) is 10.9. The van der Waals surface area contributed by atoms with Crippen LogP contribution in [0.25, 0.3) is 34.5 Å². The number of hydrogen-bond acceptors (Lipinski definition) is 1. The van der Waals surface area contributed by atoms with Crippen LogP contribution in [0, 0.1) is 5.82 Å². The Morgan fingerprint density at radius 1 is 0.750 bits per heavy atom. The molecule has 0 aliphatic heterocycles. The van der Waals surface area contributed by atoms with Crippen molar-refractivity contribution < 1.29 is 32.9 Å². The summed E-state index contributed by atoms with van der Waals surface area (Å²) in [5.41, 5.74) is 6.98. The molecule has 0 fully saturated rings. The summed E-state index contributed by atoms with van der Waals surface area (Å²) in [5.74, 6) is -0.195. The van der Waals surface area contributed by atoms with E-state index in [1.54, 1.807) is 6.07 Å². The van der Waals surface area contributed by atoms with E-state index in [1.807, 2.05) is 37.0 Å². The number of rotatable bonds is 7. The molecule has 0 bridgehead atoms. The van der Waals surface area contributed by atoms with Gasteiger partial charge in [-0.2, -0.15) is 4.57 Å². The van der Waals surface area contributed by atoms with Gasteiger partial charge in [-0.05, 0) is 85.1 Å². The van der Waals surface area contributed by atoms with Gasteiger partial charge in [0, 0.05) is 45.8 Å². The van der Waals surface area contributed by atoms with Crippen LogP contribution >= 0.6 is 31.9 Å². The van der Waals surface area contributed by atoms with Gasteiger partial charge in [-0.15, -0.1) is 0 Å². The third-order valence-corrected chi connectivity index (χ3v) is 7.24. The molecule has 4 rings (SSSR count). The predicted octanol–water partition coefficient (Wildman–Crippen LogP) is 5.53. The summed E-state index contributed by atoms with van der Waals surface area (Å²) in [7, 11) is 2.06. The smallest absolute Gasteiger partial charge is 0.213 e. The second-order valence-corrected chi connectivity index (χ2v) is 10.2. The first-order valence-corrected chi connectivity index (χ1v) is 13.3. The molecule has 1 heterocycles. The van der Waals surface area contributed by atoms with Gasteiger partial charge in [-0.25, -0.2) is 4.39 Å². The minimum atomic E-state index is -0.195. The standard InChI is InChI=1S/C30H28Br2FN2.HI/c1-4-35(5-2)29-17-7-21(18-28(29)33)6-16-27-19-24(22-8-12-25(31)13-9-22)20-30(34(27)3)23-10-14-26(32)15-11-23;/h6-20H,4-5H2,1-3H3;1H/q+1;/p-1. The highest BCUT2D eigenvalue weighted by Gasteiger charge is 2.17. The average molecular weight is 722 g/mol. The Morgan fingerprint density at radius 2 is 1.33 bits per heavy atom. The molecule has 0 atom stereocenters.